The second-order valence-corrected chi connectivity index (χ2v) is 2.87. The lowest BCUT2D eigenvalue weighted by Crippen LogP contribution is -2.35. The van der Waals surface area contributed by atoms with E-state index in [9.17, 15) is 4.79 Å². The van der Waals surface area contributed by atoms with Crippen LogP contribution in [0.2, 0.25) is 0 Å². The van der Waals surface area contributed by atoms with Crippen LogP contribution in [0.15, 0.2) is 12.5 Å². The SMILES string of the molecule is C#CC(Cc1cnc[nH]1)NC(=O)OCC. The molecule has 0 aliphatic carbocycles. The molecule has 15 heavy (non-hydrogen) atoms. The first-order valence-electron chi connectivity index (χ1n) is 4.63. The number of H-pyrrole nitrogens is 1. The van der Waals surface area contributed by atoms with Crippen LogP contribution in [0.25, 0.3) is 0 Å². The number of aromatic amines is 1. The lowest BCUT2D eigenvalue weighted by molar-refractivity contribution is 0.150. The number of carbonyl (C=O) groups excluding carboxylic acids is 1. The molecule has 0 saturated heterocycles. The number of nitrogens with one attached hydrogen (secondary N) is 2. The highest BCUT2D eigenvalue weighted by molar-refractivity contribution is 5.68. The summed E-state index contributed by atoms with van der Waals surface area (Å²) in [4.78, 5) is 17.9. The maximum atomic E-state index is 11.1. The van der Waals surface area contributed by atoms with Gasteiger partial charge < -0.3 is 15.0 Å². The largest absolute Gasteiger partial charge is 0.450 e. The number of hydrogen-bond donors (Lipinski definition) is 2. The topological polar surface area (TPSA) is 67.0 Å². The van der Waals surface area contributed by atoms with Crippen LogP contribution >= 0.6 is 0 Å². The van der Waals surface area contributed by atoms with E-state index in [0.717, 1.165) is 5.69 Å². The van der Waals surface area contributed by atoms with Crippen molar-refractivity contribution in [1.29, 1.82) is 0 Å². The normalized spacial score (nSPS) is 11.5. The van der Waals surface area contributed by atoms with Crippen molar-refractivity contribution in [3.05, 3.63) is 18.2 Å². The number of nitrogens with zero attached hydrogens (tertiary/aromatic N) is 1. The van der Waals surface area contributed by atoms with E-state index in [0.29, 0.717) is 13.0 Å². The Morgan fingerprint density at radius 1 is 1.87 bits per heavy atom. The Labute approximate surface area is 88.2 Å². The van der Waals surface area contributed by atoms with Crippen LogP contribution in [0.4, 0.5) is 4.79 Å². The van der Waals surface area contributed by atoms with Crippen molar-refractivity contribution < 1.29 is 9.53 Å². The molecule has 0 aliphatic heterocycles. The molecule has 1 rings (SSSR count). The minimum absolute atomic E-state index is 0.327. The molecular weight excluding hydrogens is 194 g/mol. The van der Waals surface area contributed by atoms with Crippen molar-refractivity contribution in [2.45, 2.75) is 19.4 Å². The van der Waals surface area contributed by atoms with Crippen LogP contribution < -0.4 is 5.32 Å². The second kappa shape index (κ2) is 5.70. The van der Waals surface area contributed by atoms with E-state index in [1.165, 1.54) is 0 Å². The van der Waals surface area contributed by atoms with Crippen LogP contribution in [0.3, 0.4) is 0 Å². The van der Waals surface area contributed by atoms with E-state index >= 15 is 0 Å². The van der Waals surface area contributed by atoms with Gasteiger partial charge in [-0.25, -0.2) is 9.78 Å². The molecule has 1 atom stereocenters. The van der Waals surface area contributed by atoms with Crippen LogP contribution in [0.5, 0.6) is 0 Å². The smallest absolute Gasteiger partial charge is 0.408 e. The molecule has 0 bridgehead atoms. The molecule has 0 aromatic carbocycles. The fraction of sp³-hybridized carbons (Fsp3) is 0.400. The number of imidazole rings is 1. The summed E-state index contributed by atoms with van der Waals surface area (Å²) in [7, 11) is 0. The van der Waals surface area contributed by atoms with Crippen LogP contribution in [-0.4, -0.2) is 28.7 Å². The van der Waals surface area contributed by atoms with E-state index in [-0.39, 0.29) is 6.04 Å². The molecule has 80 valence electrons. The number of carbonyl (C=O) groups is 1. The molecule has 1 unspecified atom stereocenters. The highest BCUT2D eigenvalue weighted by atomic mass is 16.5. The quantitative estimate of drug-likeness (QED) is 0.714. The van der Waals surface area contributed by atoms with E-state index in [1.54, 1.807) is 19.4 Å². The molecule has 1 heterocycles. The lowest BCUT2D eigenvalue weighted by Gasteiger charge is -2.11. The van der Waals surface area contributed by atoms with Gasteiger partial charge in [0.1, 0.15) is 0 Å². The molecule has 1 aromatic heterocycles. The predicted molar refractivity (Wildman–Crippen MR) is 55.1 cm³/mol. The van der Waals surface area contributed by atoms with Gasteiger partial charge in [0.25, 0.3) is 0 Å². The van der Waals surface area contributed by atoms with Crippen molar-refractivity contribution in [2.24, 2.45) is 0 Å². The molecule has 5 nitrogen and oxygen atoms in total. The van der Waals surface area contributed by atoms with Gasteiger partial charge in [0.15, 0.2) is 0 Å². The Hall–Kier alpha value is -1.96. The molecule has 1 aromatic rings. The summed E-state index contributed by atoms with van der Waals surface area (Å²) in [6.45, 7) is 2.06. The average Bonchev–Trinajstić information content (AvgIpc) is 2.70. The first-order valence-corrected chi connectivity index (χ1v) is 4.63. The van der Waals surface area contributed by atoms with E-state index < -0.39 is 6.09 Å². The van der Waals surface area contributed by atoms with Gasteiger partial charge in [-0.3, -0.25) is 0 Å². The van der Waals surface area contributed by atoms with E-state index in [4.69, 9.17) is 11.2 Å². The van der Waals surface area contributed by atoms with Gasteiger partial charge in [-0.05, 0) is 6.92 Å². The molecule has 0 saturated carbocycles. The molecule has 0 aliphatic rings. The molecule has 5 heteroatoms. The summed E-state index contributed by atoms with van der Waals surface area (Å²) < 4.78 is 4.72. The predicted octanol–water partition coefficient (Wildman–Crippen LogP) is 0.700. The molecule has 2 N–H and O–H groups in total. The Kier molecular flexibility index (Phi) is 4.23. The number of amides is 1. The van der Waals surface area contributed by atoms with Crippen LogP contribution in [-0.2, 0) is 11.2 Å². The zero-order valence-electron chi connectivity index (χ0n) is 8.49. The fourth-order valence-corrected chi connectivity index (χ4v) is 1.08. The third-order valence-corrected chi connectivity index (χ3v) is 1.75. The average molecular weight is 207 g/mol. The van der Waals surface area contributed by atoms with Crippen molar-refractivity contribution >= 4 is 6.09 Å². The third kappa shape index (κ3) is 3.73. The summed E-state index contributed by atoms with van der Waals surface area (Å²) in [6, 6.07) is -0.385. The molecule has 0 fully saturated rings. The van der Waals surface area contributed by atoms with Crippen molar-refractivity contribution in [2.75, 3.05) is 6.61 Å². The number of hydrogen-bond acceptors (Lipinski definition) is 3. The van der Waals surface area contributed by atoms with Gasteiger partial charge in [-0.15, -0.1) is 6.42 Å². The number of ether oxygens (including phenoxy) is 1. The summed E-state index contributed by atoms with van der Waals surface area (Å²) in [5.74, 6) is 2.47. The maximum Gasteiger partial charge on any atom is 0.408 e. The van der Waals surface area contributed by atoms with Gasteiger partial charge in [-0.2, -0.15) is 0 Å². The first kappa shape index (κ1) is 11.1. The number of alkyl carbamates (subject to hydrolysis) is 1. The van der Waals surface area contributed by atoms with Gasteiger partial charge >= 0.3 is 6.09 Å². The number of aromatic nitrogens is 2. The number of terminal acetylenes is 1. The zero-order chi connectivity index (χ0) is 11.1. The van der Waals surface area contributed by atoms with Crippen molar-refractivity contribution in [3.8, 4) is 12.3 Å². The Balaban J connectivity index is 2.44. The van der Waals surface area contributed by atoms with Crippen LogP contribution in [0, 0.1) is 12.3 Å². The fourth-order valence-electron chi connectivity index (χ4n) is 1.08. The van der Waals surface area contributed by atoms with Gasteiger partial charge in [0.2, 0.25) is 0 Å². The monoisotopic (exact) mass is 207 g/mol. The Morgan fingerprint density at radius 2 is 2.67 bits per heavy atom. The Morgan fingerprint density at radius 3 is 3.20 bits per heavy atom. The summed E-state index contributed by atoms with van der Waals surface area (Å²) in [5.41, 5.74) is 0.870. The standard InChI is InChI=1S/C10H13N3O2/c1-3-8(13-10(14)15-4-2)5-9-6-11-7-12-9/h1,6-8H,4-5H2,2H3,(H,11,12)(H,13,14). The molecular formula is C10H13N3O2. The lowest BCUT2D eigenvalue weighted by atomic mass is 10.2. The van der Waals surface area contributed by atoms with Crippen molar-refractivity contribution in [1.82, 2.24) is 15.3 Å². The Bertz CT molecular complexity index is 340. The second-order valence-electron chi connectivity index (χ2n) is 2.87. The zero-order valence-corrected chi connectivity index (χ0v) is 8.49. The number of rotatable bonds is 4. The summed E-state index contributed by atoms with van der Waals surface area (Å²) in [6.07, 6.45) is 8.52. The third-order valence-electron chi connectivity index (χ3n) is 1.75. The first-order chi connectivity index (χ1) is 7.26. The van der Waals surface area contributed by atoms with Crippen molar-refractivity contribution in [3.63, 3.8) is 0 Å². The van der Waals surface area contributed by atoms with E-state index in [2.05, 4.69) is 21.2 Å². The highest BCUT2D eigenvalue weighted by Gasteiger charge is 2.11. The van der Waals surface area contributed by atoms with Gasteiger partial charge in [-0.1, -0.05) is 5.92 Å². The van der Waals surface area contributed by atoms with Gasteiger partial charge in [0, 0.05) is 18.3 Å². The highest BCUT2D eigenvalue weighted by Crippen LogP contribution is 1.97. The van der Waals surface area contributed by atoms with Crippen LogP contribution in [0.1, 0.15) is 12.6 Å². The molecule has 0 radical (unpaired) electrons. The molecule has 0 spiro atoms. The van der Waals surface area contributed by atoms with E-state index in [1.807, 2.05) is 0 Å². The summed E-state index contributed by atoms with van der Waals surface area (Å²) in [5, 5.41) is 2.56. The maximum absolute atomic E-state index is 11.1. The summed E-state index contributed by atoms with van der Waals surface area (Å²) >= 11 is 0. The van der Waals surface area contributed by atoms with Gasteiger partial charge in [0.05, 0.1) is 19.0 Å². The minimum atomic E-state index is -0.500. The molecule has 1 amide bonds. The minimum Gasteiger partial charge on any atom is -0.450 e.